The third-order valence-electron chi connectivity index (χ3n) is 6.54. The number of hydrogen-bond acceptors (Lipinski definition) is 5. The van der Waals surface area contributed by atoms with Crippen molar-refractivity contribution in [3.63, 3.8) is 0 Å². The molecule has 1 atom stereocenters. The summed E-state index contributed by atoms with van der Waals surface area (Å²) in [6.07, 6.45) is 5.65. The summed E-state index contributed by atoms with van der Waals surface area (Å²) in [5, 5.41) is 15.3. The molecule has 0 bridgehead atoms. The Morgan fingerprint density at radius 1 is 1.13 bits per heavy atom. The van der Waals surface area contributed by atoms with E-state index in [0.29, 0.717) is 17.5 Å². The molecule has 0 saturated heterocycles. The minimum atomic E-state index is -0.351. The zero-order valence-corrected chi connectivity index (χ0v) is 17.7. The van der Waals surface area contributed by atoms with Gasteiger partial charge in [-0.1, -0.05) is 35.5 Å². The third kappa shape index (κ3) is 4.54. The van der Waals surface area contributed by atoms with Crippen LogP contribution in [0.1, 0.15) is 54.7 Å². The highest BCUT2D eigenvalue weighted by molar-refractivity contribution is 6.01. The summed E-state index contributed by atoms with van der Waals surface area (Å²) in [4.78, 5) is 18.8. The summed E-state index contributed by atoms with van der Waals surface area (Å²) in [5.41, 5.74) is 4.04. The summed E-state index contributed by atoms with van der Waals surface area (Å²) in [6, 6.07) is 16.6. The highest BCUT2D eigenvalue weighted by atomic mass is 16.6. The average Bonchev–Trinajstić information content (AvgIpc) is 3.22. The molecule has 0 spiro atoms. The number of likely N-dealkylation sites (N-methyl/N-ethyl adjacent to an activating group) is 1. The van der Waals surface area contributed by atoms with Gasteiger partial charge < -0.3 is 4.84 Å². The third-order valence-corrected chi connectivity index (χ3v) is 6.54. The SMILES string of the molecule is Cc1cc(C2=NOC(CN(C)C3CCC(c4ccccc4)CC3)C2)ccc1[N+](=O)[O-]. The summed E-state index contributed by atoms with van der Waals surface area (Å²) in [5.74, 6) is 0.680. The van der Waals surface area contributed by atoms with Crippen molar-refractivity contribution in [3.05, 3.63) is 75.3 Å². The minimum Gasteiger partial charge on any atom is -0.390 e. The van der Waals surface area contributed by atoms with Crippen molar-refractivity contribution < 1.29 is 9.76 Å². The Balaban J connectivity index is 1.28. The molecule has 1 unspecified atom stereocenters. The predicted molar refractivity (Wildman–Crippen MR) is 118 cm³/mol. The van der Waals surface area contributed by atoms with Gasteiger partial charge in [-0.15, -0.1) is 0 Å². The van der Waals surface area contributed by atoms with E-state index in [1.54, 1.807) is 19.1 Å². The van der Waals surface area contributed by atoms with Crippen LogP contribution in [0, 0.1) is 17.0 Å². The van der Waals surface area contributed by atoms with Crippen molar-refractivity contribution >= 4 is 11.4 Å². The van der Waals surface area contributed by atoms with E-state index in [-0.39, 0.29) is 16.7 Å². The number of nitro groups is 1. The fourth-order valence-electron chi connectivity index (χ4n) is 4.78. The number of aryl methyl sites for hydroxylation is 1. The van der Waals surface area contributed by atoms with Crippen LogP contribution in [0.3, 0.4) is 0 Å². The first kappa shape index (κ1) is 20.5. The molecule has 0 aromatic heterocycles. The minimum absolute atomic E-state index is 0.0346. The van der Waals surface area contributed by atoms with Crippen LogP contribution in [0.15, 0.2) is 53.7 Å². The normalized spacial score (nSPS) is 23.8. The molecule has 6 heteroatoms. The van der Waals surface area contributed by atoms with Gasteiger partial charge in [-0.2, -0.15) is 0 Å². The lowest BCUT2D eigenvalue weighted by Gasteiger charge is -2.35. The van der Waals surface area contributed by atoms with E-state index >= 15 is 0 Å². The van der Waals surface area contributed by atoms with Gasteiger partial charge in [0.1, 0.15) is 6.10 Å². The van der Waals surface area contributed by atoms with Crippen LogP contribution >= 0.6 is 0 Å². The number of rotatable bonds is 6. The van der Waals surface area contributed by atoms with Gasteiger partial charge in [-0.25, -0.2) is 0 Å². The van der Waals surface area contributed by atoms with Gasteiger partial charge in [0, 0.05) is 36.2 Å². The molecule has 30 heavy (non-hydrogen) atoms. The van der Waals surface area contributed by atoms with Gasteiger partial charge in [0.25, 0.3) is 5.69 Å². The Kier molecular flexibility index (Phi) is 6.13. The van der Waals surface area contributed by atoms with Crippen LogP contribution in [-0.2, 0) is 4.84 Å². The number of benzene rings is 2. The maximum Gasteiger partial charge on any atom is 0.272 e. The van der Waals surface area contributed by atoms with E-state index in [4.69, 9.17) is 4.84 Å². The maximum absolute atomic E-state index is 11.0. The Morgan fingerprint density at radius 2 is 1.87 bits per heavy atom. The molecular weight excluding hydrogens is 378 g/mol. The summed E-state index contributed by atoms with van der Waals surface area (Å²) in [6.45, 7) is 2.61. The fourth-order valence-corrected chi connectivity index (χ4v) is 4.78. The highest BCUT2D eigenvalue weighted by Crippen LogP contribution is 2.34. The summed E-state index contributed by atoms with van der Waals surface area (Å²) < 4.78 is 0. The predicted octanol–water partition coefficient (Wildman–Crippen LogP) is 5.05. The Bertz CT molecular complexity index is 921. The van der Waals surface area contributed by atoms with Crippen LogP contribution in [0.2, 0.25) is 0 Å². The summed E-state index contributed by atoms with van der Waals surface area (Å²) >= 11 is 0. The molecule has 158 valence electrons. The standard InChI is InChI=1S/C24H29N3O3/c1-17-14-20(10-13-24(17)27(28)29)23-15-22(30-25-23)16-26(2)21-11-8-19(9-12-21)18-6-4-3-5-7-18/h3-7,10,13-14,19,21-22H,8-9,11-12,15-16H2,1-2H3. The second-order valence-electron chi connectivity index (χ2n) is 8.58. The molecule has 1 aliphatic heterocycles. The van der Waals surface area contributed by atoms with Gasteiger partial charge in [0.15, 0.2) is 0 Å². The second-order valence-corrected chi connectivity index (χ2v) is 8.58. The smallest absolute Gasteiger partial charge is 0.272 e. The van der Waals surface area contributed by atoms with Crippen LogP contribution in [0.25, 0.3) is 0 Å². The molecule has 4 rings (SSSR count). The molecule has 1 heterocycles. The molecule has 0 amide bonds. The Morgan fingerprint density at radius 3 is 2.53 bits per heavy atom. The first-order valence-electron chi connectivity index (χ1n) is 10.7. The monoisotopic (exact) mass is 407 g/mol. The number of oxime groups is 1. The Labute approximate surface area is 177 Å². The quantitative estimate of drug-likeness (QED) is 0.496. The van der Waals surface area contributed by atoms with Crippen LogP contribution in [0.4, 0.5) is 5.69 Å². The number of nitro benzene ring substituents is 1. The van der Waals surface area contributed by atoms with Gasteiger partial charge in [0.2, 0.25) is 0 Å². The highest BCUT2D eigenvalue weighted by Gasteiger charge is 2.29. The second kappa shape index (κ2) is 8.96. The number of nitrogens with zero attached hydrogens (tertiary/aromatic N) is 3. The lowest BCUT2D eigenvalue weighted by molar-refractivity contribution is -0.385. The molecular formula is C24H29N3O3. The van der Waals surface area contributed by atoms with E-state index in [1.807, 2.05) is 6.07 Å². The van der Waals surface area contributed by atoms with Gasteiger partial charge in [0.05, 0.1) is 10.6 Å². The molecule has 1 saturated carbocycles. The fraction of sp³-hybridized carbons (Fsp3) is 0.458. The van der Waals surface area contributed by atoms with Crippen molar-refractivity contribution in [2.24, 2.45) is 5.16 Å². The Hall–Kier alpha value is -2.73. The van der Waals surface area contributed by atoms with Crippen molar-refractivity contribution in [2.45, 2.75) is 57.1 Å². The van der Waals surface area contributed by atoms with Crippen molar-refractivity contribution in [2.75, 3.05) is 13.6 Å². The molecule has 0 N–H and O–H groups in total. The van der Waals surface area contributed by atoms with Gasteiger partial charge in [-0.05, 0) is 63.3 Å². The van der Waals surface area contributed by atoms with Crippen LogP contribution in [-0.4, -0.2) is 41.3 Å². The zero-order chi connectivity index (χ0) is 21.1. The van der Waals surface area contributed by atoms with Crippen molar-refractivity contribution in [3.8, 4) is 0 Å². The van der Waals surface area contributed by atoms with E-state index in [2.05, 4.69) is 47.4 Å². The molecule has 6 nitrogen and oxygen atoms in total. The molecule has 2 aromatic rings. The van der Waals surface area contributed by atoms with E-state index in [1.165, 1.54) is 31.2 Å². The van der Waals surface area contributed by atoms with E-state index < -0.39 is 0 Å². The first-order chi connectivity index (χ1) is 14.5. The summed E-state index contributed by atoms with van der Waals surface area (Å²) in [7, 11) is 2.19. The molecule has 2 aromatic carbocycles. The average molecular weight is 408 g/mol. The van der Waals surface area contributed by atoms with E-state index in [0.717, 1.165) is 24.2 Å². The maximum atomic E-state index is 11.0. The van der Waals surface area contributed by atoms with Gasteiger partial charge >= 0.3 is 0 Å². The molecule has 1 aliphatic carbocycles. The lowest BCUT2D eigenvalue weighted by Crippen LogP contribution is -2.39. The van der Waals surface area contributed by atoms with Crippen molar-refractivity contribution in [1.29, 1.82) is 0 Å². The molecule has 0 radical (unpaired) electrons. The van der Waals surface area contributed by atoms with Crippen molar-refractivity contribution in [1.82, 2.24) is 4.90 Å². The first-order valence-corrected chi connectivity index (χ1v) is 10.7. The number of hydrogen-bond donors (Lipinski definition) is 0. The molecule has 1 fully saturated rings. The topological polar surface area (TPSA) is 68.0 Å². The van der Waals surface area contributed by atoms with Crippen LogP contribution in [0.5, 0.6) is 0 Å². The zero-order valence-electron chi connectivity index (χ0n) is 17.7. The molecule has 2 aliphatic rings. The largest absolute Gasteiger partial charge is 0.390 e. The van der Waals surface area contributed by atoms with Gasteiger partial charge in [-0.3, -0.25) is 15.0 Å². The lowest BCUT2D eigenvalue weighted by atomic mass is 9.81. The van der Waals surface area contributed by atoms with E-state index in [9.17, 15) is 10.1 Å². The van der Waals surface area contributed by atoms with Crippen LogP contribution < -0.4 is 0 Å².